The molecular formula is C16H27N3. The van der Waals surface area contributed by atoms with Crippen molar-refractivity contribution in [1.29, 1.82) is 0 Å². The molecule has 1 saturated carbocycles. The number of hydrogen-bond acceptors (Lipinski definition) is 3. The third-order valence-corrected chi connectivity index (χ3v) is 3.43. The van der Waals surface area contributed by atoms with Gasteiger partial charge >= 0.3 is 0 Å². The lowest BCUT2D eigenvalue weighted by atomic mass is 10.1. The van der Waals surface area contributed by atoms with Crippen LogP contribution in [0.5, 0.6) is 0 Å². The van der Waals surface area contributed by atoms with Crippen LogP contribution in [0.1, 0.15) is 45.6 Å². The Labute approximate surface area is 117 Å². The number of aromatic nitrogens is 1. The molecule has 0 aliphatic heterocycles. The first kappa shape index (κ1) is 14.3. The molecule has 3 heteroatoms. The molecule has 0 unspecified atom stereocenters. The fourth-order valence-corrected chi connectivity index (χ4v) is 2.41. The van der Waals surface area contributed by atoms with Crippen LogP contribution in [0.3, 0.4) is 0 Å². The lowest BCUT2D eigenvalue weighted by Gasteiger charge is -2.24. The van der Waals surface area contributed by atoms with Crippen molar-refractivity contribution in [2.45, 2.75) is 52.6 Å². The molecule has 0 saturated heterocycles. The van der Waals surface area contributed by atoms with Crippen LogP contribution in [0.15, 0.2) is 18.3 Å². The molecule has 0 atom stereocenters. The summed E-state index contributed by atoms with van der Waals surface area (Å²) in [7, 11) is 0. The van der Waals surface area contributed by atoms with Crippen LogP contribution in [0.4, 0.5) is 5.82 Å². The van der Waals surface area contributed by atoms with Gasteiger partial charge in [0.25, 0.3) is 0 Å². The van der Waals surface area contributed by atoms with Gasteiger partial charge in [-0.05, 0) is 42.9 Å². The molecule has 0 aromatic carbocycles. The topological polar surface area (TPSA) is 28.2 Å². The van der Waals surface area contributed by atoms with Crippen molar-refractivity contribution in [1.82, 2.24) is 9.88 Å². The summed E-state index contributed by atoms with van der Waals surface area (Å²) < 4.78 is 0. The van der Waals surface area contributed by atoms with E-state index in [1.165, 1.54) is 24.9 Å². The van der Waals surface area contributed by atoms with E-state index in [0.29, 0.717) is 0 Å². The molecule has 19 heavy (non-hydrogen) atoms. The van der Waals surface area contributed by atoms with E-state index in [-0.39, 0.29) is 0 Å². The van der Waals surface area contributed by atoms with Gasteiger partial charge in [-0.25, -0.2) is 4.98 Å². The van der Waals surface area contributed by atoms with E-state index in [0.717, 1.165) is 37.3 Å². The lowest BCUT2D eigenvalue weighted by molar-refractivity contribution is 0.226. The van der Waals surface area contributed by atoms with Crippen molar-refractivity contribution in [2.24, 2.45) is 5.92 Å². The van der Waals surface area contributed by atoms with Crippen LogP contribution < -0.4 is 5.32 Å². The Bertz CT molecular complexity index is 385. The van der Waals surface area contributed by atoms with Crippen LogP contribution in [0.25, 0.3) is 0 Å². The Hall–Kier alpha value is -1.09. The van der Waals surface area contributed by atoms with Gasteiger partial charge in [-0.15, -0.1) is 0 Å². The fraction of sp³-hybridized carbons (Fsp3) is 0.688. The van der Waals surface area contributed by atoms with E-state index in [9.17, 15) is 0 Å². The third-order valence-electron chi connectivity index (χ3n) is 3.43. The van der Waals surface area contributed by atoms with Gasteiger partial charge in [0.1, 0.15) is 5.82 Å². The average molecular weight is 261 g/mol. The first-order valence-electron chi connectivity index (χ1n) is 7.62. The zero-order valence-electron chi connectivity index (χ0n) is 12.5. The maximum absolute atomic E-state index is 4.38. The summed E-state index contributed by atoms with van der Waals surface area (Å²) in [6.45, 7) is 10.0. The highest BCUT2D eigenvalue weighted by atomic mass is 15.2. The first-order valence-corrected chi connectivity index (χ1v) is 7.62. The molecule has 106 valence electrons. The molecule has 0 spiro atoms. The molecule has 1 N–H and O–H groups in total. The van der Waals surface area contributed by atoms with E-state index in [1.807, 2.05) is 6.20 Å². The van der Waals surface area contributed by atoms with Crippen LogP contribution in [-0.2, 0) is 6.54 Å². The Kier molecular flexibility index (Phi) is 5.20. The zero-order chi connectivity index (χ0) is 13.7. The Balaban J connectivity index is 1.95. The van der Waals surface area contributed by atoms with Gasteiger partial charge in [-0.3, -0.25) is 4.90 Å². The van der Waals surface area contributed by atoms with Crippen molar-refractivity contribution in [3.05, 3.63) is 23.9 Å². The minimum atomic E-state index is 0.736. The quantitative estimate of drug-likeness (QED) is 0.776. The molecule has 0 amide bonds. The van der Waals surface area contributed by atoms with Crippen molar-refractivity contribution in [3.63, 3.8) is 0 Å². The van der Waals surface area contributed by atoms with Crippen LogP contribution in [-0.4, -0.2) is 29.0 Å². The minimum absolute atomic E-state index is 0.736. The van der Waals surface area contributed by atoms with Gasteiger partial charge in [0.05, 0.1) is 0 Å². The fourth-order valence-electron chi connectivity index (χ4n) is 2.41. The number of pyridine rings is 1. The highest BCUT2D eigenvalue weighted by molar-refractivity contribution is 5.37. The van der Waals surface area contributed by atoms with Gasteiger partial charge in [-0.2, -0.15) is 0 Å². The molecule has 1 aromatic heterocycles. The number of nitrogens with zero attached hydrogens (tertiary/aromatic N) is 2. The molecule has 2 rings (SSSR count). The highest BCUT2D eigenvalue weighted by Gasteiger charge is 2.29. The van der Waals surface area contributed by atoms with Crippen molar-refractivity contribution in [2.75, 3.05) is 18.4 Å². The normalized spacial score (nSPS) is 15.2. The third kappa shape index (κ3) is 4.83. The highest BCUT2D eigenvalue weighted by Crippen LogP contribution is 2.29. The SMILES string of the molecule is CCCNc1cc(CN(CC(C)C)C2CC2)ccn1. The van der Waals surface area contributed by atoms with Crippen LogP contribution in [0, 0.1) is 5.92 Å². The van der Waals surface area contributed by atoms with E-state index in [1.54, 1.807) is 0 Å². The number of rotatable bonds is 8. The first-order chi connectivity index (χ1) is 9.19. The number of nitrogens with one attached hydrogen (secondary N) is 1. The van der Waals surface area contributed by atoms with Crippen LogP contribution >= 0.6 is 0 Å². The second-order valence-electron chi connectivity index (χ2n) is 6.03. The number of hydrogen-bond donors (Lipinski definition) is 1. The summed E-state index contributed by atoms with van der Waals surface area (Å²) in [6.07, 6.45) is 5.80. The maximum atomic E-state index is 4.38. The monoisotopic (exact) mass is 261 g/mol. The maximum Gasteiger partial charge on any atom is 0.126 e. The van der Waals surface area contributed by atoms with E-state index < -0.39 is 0 Å². The summed E-state index contributed by atoms with van der Waals surface area (Å²) in [6, 6.07) is 5.17. The van der Waals surface area contributed by atoms with Crippen molar-refractivity contribution < 1.29 is 0 Å². The zero-order valence-corrected chi connectivity index (χ0v) is 12.5. The van der Waals surface area contributed by atoms with E-state index in [4.69, 9.17) is 0 Å². The second-order valence-corrected chi connectivity index (χ2v) is 6.03. The Morgan fingerprint density at radius 2 is 2.21 bits per heavy atom. The molecule has 0 radical (unpaired) electrons. The van der Waals surface area contributed by atoms with Gasteiger partial charge in [0.2, 0.25) is 0 Å². The molecule has 0 bridgehead atoms. The standard InChI is InChI=1S/C16H27N3/c1-4-8-17-16-10-14(7-9-18-16)12-19(11-13(2)3)15-5-6-15/h7,9-10,13,15H,4-6,8,11-12H2,1-3H3,(H,17,18). The van der Waals surface area contributed by atoms with E-state index in [2.05, 4.69) is 48.1 Å². The predicted octanol–water partition coefficient (Wildman–Crippen LogP) is 3.52. The summed E-state index contributed by atoms with van der Waals surface area (Å²) in [4.78, 5) is 7.00. The van der Waals surface area contributed by atoms with E-state index >= 15 is 0 Å². The molecule has 1 aliphatic rings. The molecule has 1 fully saturated rings. The molecule has 1 aromatic rings. The molecule has 1 heterocycles. The summed E-state index contributed by atoms with van der Waals surface area (Å²) in [5.41, 5.74) is 1.38. The molecule has 3 nitrogen and oxygen atoms in total. The summed E-state index contributed by atoms with van der Waals surface area (Å²) in [5, 5.41) is 3.36. The summed E-state index contributed by atoms with van der Waals surface area (Å²) >= 11 is 0. The van der Waals surface area contributed by atoms with Crippen molar-refractivity contribution >= 4 is 5.82 Å². The van der Waals surface area contributed by atoms with Gasteiger partial charge < -0.3 is 5.32 Å². The van der Waals surface area contributed by atoms with Gasteiger partial charge in [0, 0.05) is 31.9 Å². The average Bonchev–Trinajstić information content (AvgIpc) is 3.20. The Morgan fingerprint density at radius 3 is 2.84 bits per heavy atom. The predicted molar refractivity (Wildman–Crippen MR) is 81.3 cm³/mol. The molecular weight excluding hydrogens is 234 g/mol. The largest absolute Gasteiger partial charge is 0.370 e. The van der Waals surface area contributed by atoms with Crippen molar-refractivity contribution in [3.8, 4) is 0 Å². The lowest BCUT2D eigenvalue weighted by Crippen LogP contribution is -2.29. The van der Waals surface area contributed by atoms with Gasteiger partial charge in [-0.1, -0.05) is 20.8 Å². The second kappa shape index (κ2) is 6.90. The Morgan fingerprint density at radius 1 is 1.42 bits per heavy atom. The summed E-state index contributed by atoms with van der Waals surface area (Å²) in [5.74, 6) is 1.75. The molecule has 1 aliphatic carbocycles. The van der Waals surface area contributed by atoms with Crippen LogP contribution in [0.2, 0.25) is 0 Å². The van der Waals surface area contributed by atoms with Gasteiger partial charge in [0.15, 0.2) is 0 Å². The minimum Gasteiger partial charge on any atom is -0.370 e. The number of anilines is 1. The smallest absolute Gasteiger partial charge is 0.126 e.